The number of halogens is 2. The Labute approximate surface area is 123 Å². The Morgan fingerprint density at radius 2 is 1.90 bits per heavy atom. The van der Waals surface area contributed by atoms with E-state index in [4.69, 9.17) is 0 Å². The second kappa shape index (κ2) is 5.88. The predicted octanol–water partition coefficient (Wildman–Crippen LogP) is 2.42. The van der Waals surface area contributed by atoms with Gasteiger partial charge in [-0.2, -0.15) is 8.78 Å². The third-order valence-electron chi connectivity index (χ3n) is 3.81. The van der Waals surface area contributed by atoms with Crippen molar-refractivity contribution in [2.45, 2.75) is 42.4 Å². The van der Waals surface area contributed by atoms with Crippen LogP contribution in [0.15, 0.2) is 29.2 Å². The lowest BCUT2D eigenvalue weighted by molar-refractivity contribution is 0.0481. The maximum absolute atomic E-state index is 12.8. The number of hydrogen-bond acceptors (Lipinski definition) is 4. The van der Waals surface area contributed by atoms with Gasteiger partial charge in [0.1, 0.15) is 0 Å². The van der Waals surface area contributed by atoms with Gasteiger partial charge >= 0.3 is 5.76 Å². The molecular weight excluding hydrogens is 300 g/mol. The van der Waals surface area contributed by atoms with Crippen molar-refractivity contribution in [3.8, 4) is 0 Å². The van der Waals surface area contributed by atoms with Gasteiger partial charge in [0.25, 0.3) is 0 Å². The molecule has 1 N–H and O–H groups in total. The van der Waals surface area contributed by atoms with E-state index in [0.717, 1.165) is 0 Å². The molecule has 0 bridgehead atoms. The quantitative estimate of drug-likeness (QED) is 0.929. The number of para-hydroxylation sites is 1. The molecule has 2 rings (SSSR count). The third kappa shape index (κ3) is 3.52. The van der Waals surface area contributed by atoms with Crippen LogP contribution in [0.2, 0.25) is 0 Å². The molecule has 7 heteroatoms. The number of benzene rings is 1. The highest BCUT2D eigenvalue weighted by atomic mass is 32.2. The Balaban J connectivity index is 2.37. The molecule has 1 aliphatic rings. The van der Waals surface area contributed by atoms with Gasteiger partial charge in [0, 0.05) is 13.1 Å². The van der Waals surface area contributed by atoms with Crippen molar-refractivity contribution in [3.63, 3.8) is 0 Å². The molecule has 0 saturated carbocycles. The van der Waals surface area contributed by atoms with E-state index in [1.54, 1.807) is 17.9 Å². The van der Waals surface area contributed by atoms with E-state index in [2.05, 4.69) is 0 Å². The Morgan fingerprint density at radius 1 is 1.24 bits per heavy atom. The lowest BCUT2D eigenvalue weighted by atomic mass is 9.98. The molecule has 0 radical (unpaired) electrons. The number of rotatable bonds is 3. The van der Waals surface area contributed by atoms with Crippen LogP contribution in [0.4, 0.5) is 14.5 Å². The molecular formula is C14H19F2NO3S. The van der Waals surface area contributed by atoms with Crippen LogP contribution in [0.5, 0.6) is 0 Å². The summed E-state index contributed by atoms with van der Waals surface area (Å²) in [7, 11) is -4.64. The van der Waals surface area contributed by atoms with E-state index in [0.29, 0.717) is 32.4 Å². The van der Waals surface area contributed by atoms with Crippen LogP contribution < -0.4 is 4.90 Å². The zero-order valence-electron chi connectivity index (χ0n) is 11.8. The highest BCUT2D eigenvalue weighted by Gasteiger charge is 2.32. The molecule has 118 valence electrons. The van der Waals surface area contributed by atoms with Crippen LogP contribution >= 0.6 is 0 Å². The van der Waals surface area contributed by atoms with Crippen molar-refractivity contribution in [2.75, 3.05) is 18.0 Å². The minimum Gasteiger partial charge on any atom is -0.390 e. The summed E-state index contributed by atoms with van der Waals surface area (Å²) in [5, 5.41) is 10.1. The van der Waals surface area contributed by atoms with Gasteiger partial charge in [-0.25, -0.2) is 8.42 Å². The van der Waals surface area contributed by atoms with Crippen LogP contribution in [0, 0.1) is 0 Å². The van der Waals surface area contributed by atoms with Crippen molar-refractivity contribution in [2.24, 2.45) is 0 Å². The summed E-state index contributed by atoms with van der Waals surface area (Å²) in [6, 6.07) is 5.81. The van der Waals surface area contributed by atoms with Crippen LogP contribution in [0.25, 0.3) is 0 Å². The standard InChI is InChI=1S/C14H19F2NO3S/c1-14(18)7-4-9-17(10-8-14)11-5-2-3-6-12(11)21(19,20)13(15)16/h2-3,5-6,13,18H,4,7-10H2,1H3. The largest absolute Gasteiger partial charge is 0.390 e. The van der Waals surface area contributed by atoms with E-state index in [9.17, 15) is 22.3 Å². The maximum atomic E-state index is 12.8. The molecule has 1 aromatic carbocycles. The average Bonchev–Trinajstić information content (AvgIpc) is 2.59. The van der Waals surface area contributed by atoms with Gasteiger partial charge < -0.3 is 10.0 Å². The molecule has 1 saturated heterocycles. The van der Waals surface area contributed by atoms with Gasteiger partial charge in [-0.15, -0.1) is 0 Å². The number of sulfone groups is 1. The number of hydrogen-bond donors (Lipinski definition) is 1. The second-order valence-electron chi connectivity index (χ2n) is 5.61. The summed E-state index contributed by atoms with van der Waals surface area (Å²) < 4.78 is 49.2. The van der Waals surface area contributed by atoms with Gasteiger partial charge in [0.2, 0.25) is 9.84 Å². The van der Waals surface area contributed by atoms with E-state index >= 15 is 0 Å². The Hall–Kier alpha value is -1.21. The molecule has 1 heterocycles. The smallest absolute Gasteiger partial charge is 0.341 e. The maximum Gasteiger partial charge on any atom is 0.341 e. The molecule has 4 nitrogen and oxygen atoms in total. The van der Waals surface area contributed by atoms with E-state index in [-0.39, 0.29) is 10.6 Å². The van der Waals surface area contributed by atoms with Gasteiger partial charge in [-0.05, 0) is 38.3 Å². The molecule has 1 atom stereocenters. The van der Waals surface area contributed by atoms with Crippen LogP contribution in [0.3, 0.4) is 0 Å². The van der Waals surface area contributed by atoms with Crippen LogP contribution in [-0.4, -0.2) is 38.0 Å². The van der Waals surface area contributed by atoms with Gasteiger partial charge in [-0.3, -0.25) is 0 Å². The lowest BCUT2D eigenvalue weighted by Gasteiger charge is -2.26. The van der Waals surface area contributed by atoms with E-state index < -0.39 is 21.2 Å². The minimum atomic E-state index is -4.64. The van der Waals surface area contributed by atoms with Crippen molar-refractivity contribution >= 4 is 15.5 Å². The minimum absolute atomic E-state index is 0.288. The van der Waals surface area contributed by atoms with E-state index in [1.165, 1.54) is 18.2 Å². The third-order valence-corrected chi connectivity index (χ3v) is 5.24. The molecule has 21 heavy (non-hydrogen) atoms. The second-order valence-corrected chi connectivity index (χ2v) is 7.50. The fraction of sp³-hybridized carbons (Fsp3) is 0.571. The van der Waals surface area contributed by atoms with Crippen molar-refractivity contribution in [1.29, 1.82) is 0 Å². The van der Waals surface area contributed by atoms with Crippen molar-refractivity contribution in [1.82, 2.24) is 0 Å². The monoisotopic (exact) mass is 319 g/mol. The molecule has 0 spiro atoms. The average molecular weight is 319 g/mol. The topological polar surface area (TPSA) is 57.6 Å². The number of nitrogens with zero attached hydrogens (tertiary/aromatic N) is 1. The van der Waals surface area contributed by atoms with E-state index in [1.807, 2.05) is 0 Å². The van der Waals surface area contributed by atoms with Crippen molar-refractivity contribution in [3.05, 3.63) is 24.3 Å². The first-order valence-corrected chi connectivity index (χ1v) is 8.37. The summed E-state index contributed by atoms with van der Waals surface area (Å²) in [6.07, 6.45) is 1.75. The fourth-order valence-corrected chi connectivity index (χ4v) is 3.51. The predicted molar refractivity (Wildman–Crippen MR) is 76.3 cm³/mol. The van der Waals surface area contributed by atoms with Crippen LogP contribution in [0.1, 0.15) is 26.2 Å². The number of aliphatic hydroxyl groups is 1. The normalized spacial score (nSPS) is 24.1. The first kappa shape index (κ1) is 16.2. The highest BCUT2D eigenvalue weighted by molar-refractivity contribution is 7.91. The van der Waals surface area contributed by atoms with Gasteiger partial charge in [0.05, 0.1) is 16.2 Å². The molecule has 1 fully saturated rings. The molecule has 0 aliphatic carbocycles. The van der Waals surface area contributed by atoms with Crippen molar-refractivity contribution < 1.29 is 22.3 Å². The Bertz CT molecular complexity index is 602. The fourth-order valence-electron chi connectivity index (χ4n) is 2.56. The molecule has 1 aliphatic heterocycles. The summed E-state index contributed by atoms with van der Waals surface area (Å²) in [5.41, 5.74) is -0.513. The summed E-state index contributed by atoms with van der Waals surface area (Å²) in [5.74, 6) is -3.44. The summed E-state index contributed by atoms with van der Waals surface area (Å²) in [4.78, 5) is 1.41. The summed E-state index contributed by atoms with van der Waals surface area (Å²) >= 11 is 0. The number of alkyl halides is 2. The zero-order chi connectivity index (χ0) is 15.7. The zero-order valence-corrected chi connectivity index (χ0v) is 12.6. The van der Waals surface area contributed by atoms with Gasteiger partial charge in [0.15, 0.2) is 0 Å². The SMILES string of the molecule is CC1(O)CCCN(c2ccccc2S(=O)(=O)C(F)F)CC1. The molecule has 1 aromatic rings. The molecule has 1 unspecified atom stereocenters. The highest BCUT2D eigenvalue weighted by Crippen LogP contribution is 2.32. The first-order valence-electron chi connectivity index (χ1n) is 6.82. The first-order chi connectivity index (χ1) is 9.74. The Kier molecular flexibility index (Phi) is 4.53. The molecule has 0 aromatic heterocycles. The van der Waals surface area contributed by atoms with Crippen LogP contribution in [-0.2, 0) is 9.84 Å². The Morgan fingerprint density at radius 3 is 2.57 bits per heavy atom. The number of anilines is 1. The molecule has 0 amide bonds. The van der Waals surface area contributed by atoms with Gasteiger partial charge in [-0.1, -0.05) is 12.1 Å². The lowest BCUT2D eigenvalue weighted by Crippen LogP contribution is -2.29. The summed E-state index contributed by atoms with van der Waals surface area (Å²) in [6.45, 7) is 2.70.